The summed E-state index contributed by atoms with van der Waals surface area (Å²) in [5, 5.41) is 6.66. The van der Waals surface area contributed by atoms with Crippen LogP contribution in [0.5, 0.6) is 0 Å². The van der Waals surface area contributed by atoms with Crippen LogP contribution in [0.3, 0.4) is 0 Å². The summed E-state index contributed by atoms with van der Waals surface area (Å²) in [4.78, 5) is 19.8. The van der Waals surface area contributed by atoms with E-state index in [1.807, 2.05) is 37.3 Å². The third kappa shape index (κ3) is 4.48. The van der Waals surface area contributed by atoms with Crippen molar-refractivity contribution in [1.82, 2.24) is 20.2 Å². The molecule has 4 aromatic rings. The fourth-order valence-corrected chi connectivity index (χ4v) is 4.83. The van der Waals surface area contributed by atoms with Crippen LogP contribution in [0.15, 0.2) is 50.0 Å². The lowest BCUT2D eigenvalue weighted by atomic mass is 10.2. The minimum atomic E-state index is -0.268. The second-order valence-electron chi connectivity index (χ2n) is 8.38. The molecule has 2 aliphatic rings. The number of para-hydroxylation sites is 2. The Balaban J connectivity index is 0.000000142. The summed E-state index contributed by atoms with van der Waals surface area (Å²) < 4.78 is 12.6. The summed E-state index contributed by atoms with van der Waals surface area (Å²) >= 11 is 5.02. The van der Waals surface area contributed by atoms with Gasteiger partial charge >= 0.3 is 5.76 Å². The molecule has 9 nitrogen and oxygen atoms in total. The monoisotopic (exact) mass is 482 g/mol. The minimum absolute atomic E-state index is 0.268. The van der Waals surface area contributed by atoms with Gasteiger partial charge in [-0.25, -0.2) is 4.79 Å². The Kier molecular flexibility index (Phi) is 6.70. The van der Waals surface area contributed by atoms with E-state index in [1.54, 1.807) is 4.57 Å². The fraction of sp³-hybridized carbons (Fsp3) is 0.417. The maximum atomic E-state index is 11.8. The van der Waals surface area contributed by atoms with Gasteiger partial charge < -0.3 is 34.3 Å². The van der Waals surface area contributed by atoms with Gasteiger partial charge in [0, 0.05) is 58.9 Å². The Hall–Kier alpha value is -3.08. The van der Waals surface area contributed by atoms with E-state index >= 15 is 0 Å². The Morgan fingerprint density at radius 2 is 1.44 bits per heavy atom. The van der Waals surface area contributed by atoms with Gasteiger partial charge in [-0.2, -0.15) is 0 Å². The number of aromatic nitrogens is 2. The third-order valence-electron chi connectivity index (χ3n) is 6.33. The highest BCUT2D eigenvalue weighted by molar-refractivity contribution is 7.71. The second-order valence-corrected chi connectivity index (χ2v) is 8.75. The summed E-state index contributed by atoms with van der Waals surface area (Å²) in [5.74, 6) is -0.268. The van der Waals surface area contributed by atoms with E-state index in [-0.39, 0.29) is 5.76 Å². The molecule has 4 heterocycles. The molecule has 6 rings (SSSR count). The van der Waals surface area contributed by atoms with Crippen molar-refractivity contribution in [2.75, 3.05) is 62.2 Å². The van der Waals surface area contributed by atoms with Gasteiger partial charge in [-0.05, 0) is 43.4 Å². The van der Waals surface area contributed by atoms with Crippen molar-refractivity contribution in [1.29, 1.82) is 0 Å². The quantitative estimate of drug-likeness (QED) is 0.384. The average Bonchev–Trinajstić information content (AvgIpc) is 3.43. The van der Waals surface area contributed by atoms with Crippen LogP contribution in [0.25, 0.3) is 22.2 Å². The van der Waals surface area contributed by atoms with Gasteiger partial charge in [-0.1, -0.05) is 12.1 Å². The van der Waals surface area contributed by atoms with Crippen LogP contribution in [0.1, 0.15) is 6.92 Å². The smallest absolute Gasteiger partial charge is 0.420 e. The first-order chi connectivity index (χ1) is 16.7. The molecule has 2 aromatic carbocycles. The average molecular weight is 483 g/mol. The SMILES string of the molecule is CCn1c(=O)oc2c(N3CCNCC3)cccc21.S=c1[nH]c2cccc(N3CCNCC3)c2o1. The zero-order valence-corrected chi connectivity index (χ0v) is 20.1. The number of oxazole rings is 2. The predicted molar refractivity (Wildman–Crippen MR) is 138 cm³/mol. The number of H-pyrrole nitrogens is 1. The Labute approximate surface area is 202 Å². The van der Waals surface area contributed by atoms with Crippen LogP contribution < -0.4 is 26.2 Å². The summed E-state index contributed by atoms with van der Waals surface area (Å²) in [6.45, 7) is 10.5. The number of aromatic amines is 1. The van der Waals surface area contributed by atoms with Gasteiger partial charge in [0.2, 0.25) is 0 Å². The standard InChI is InChI=1S/C13H17N3O2.C11H13N3OS/c1-2-16-11-5-3-4-10(12(11)18-13(16)17)15-8-6-14-7-9-15;16-11-13-8-2-1-3-9(10(8)15-11)14-6-4-12-5-7-14/h3-5,14H,2,6-9H2,1H3;1-3,12H,4-7H2,(H,13,16). The topological polar surface area (TPSA) is 94.6 Å². The number of piperazine rings is 2. The van der Waals surface area contributed by atoms with Gasteiger partial charge in [-0.3, -0.25) is 4.57 Å². The lowest BCUT2D eigenvalue weighted by molar-refractivity contribution is 0.511. The van der Waals surface area contributed by atoms with Crippen LogP contribution in [0.2, 0.25) is 0 Å². The summed E-state index contributed by atoms with van der Waals surface area (Å²) in [6, 6.07) is 12.0. The first kappa shape index (κ1) is 22.7. The molecule has 0 radical (unpaired) electrons. The highest BCUT2D eigenvalue weighted by Gasteiger charge is 2.18. The van der Waals surface area contributed by atoms with Crippen molar-refractivity contribution < 1.29 is 8.83 Å². The number of nitrogens with one attached hydrogen (secondary N) is 3. The van der Waals surface area contributed by atoms with Crippen LogP contribution >= 0.6 is 12.2 Å². The van der Waals surface area contributed by atoms with Gasteiger partial charge in [0.1, 0.15) is 0 Å². The van der Waals surface area contributed by atoms with Crippen molar-refractivity contribution in [3.63, 3.8) is 0 Å². The van der Waals surface area contributed by atoms with Crippen LogP contribution in [0.4, 0.5) is 11.4 Å². The molecule has 0 unspecified atom stereocenters. The van der Waals surface area contributed by atoms with Crippen molar-refractivity contribution in [2.45, 2.75) is 13.5 Å². The van der Waals surface area contributed by atoms with Crippen LogP contribution in [0, 0.1) is 4.84 Å². The lowest BCUT2D eigenvalue weighted by Gasteiger charge is -2.29. The predicted octanol–water partition coefficient (Wildman–Crippen LogP) is 2.92. The van der Waals surface area contributed by atoms with E-state index in [4.69, 9.17) is 21.1 Å². The summed E-state index contributed by atoms with van der Waals surface area (Å²) in [6.07, 6.45) is 0. The first-order valence-corrected chi connectivity index (χ1v) is 12.2. The lowest BCUT2D eigenvalue weighted by Crippen LogP contribution is -2.43. The molecule has 0 saturated carbocycles. The molecule has 0 bridgehead atoms. The van der Waals surface area contributed by atoms with E-state index in [9.17, 15) is 4.79 Å². The molecule has 180 valence electrons. The number of nitrogens with zero attached hydrogens (tertiary/aromatic N) is 3. The molecule has 2 aromatic heterocycles. The third-order valence-corrected chi connectivity index (χ3v) is 6.52. The molecule has 0 spiro atoms. The van der Waals surface area contributed by atoms with E-state index in [0.29, 0.717) is 17.0 Å². The van der Waals surface area contributed by atoms with Crippen molar-refractivity contribution in [2.24, 2.45) is 0 Å². The number of hydrogen-bond acceptors (Lipinski definition) is 8. The zero-order chi connectivity index (χ0) is 23.5. The maximum Gasteiger partial charge on any atom is 0.420 e. The van der Waals surface area contributed by atoms with E-state index < -0.39 is 0 Å². The molecule has 10 heteroatoms. The number of rotatable bonds is 3. The molecule has 0 amide bonds. The number of hydrogen-bond donors (Lipinski definition) is 3. The van der Waals surface area contributed by atoms with Crippen LogP contribution in [-0.2, 0) is 6.54 Å². The van der Waals surface area contributed by atoms with Gasteiger partial charge in [0.15, 0.2) is 11.2 Å². The maximum absolute atomic E-state index is 11.8. The number of fused-ring (bicyclic) bond motifs is 2. The molecule has 2 saturated heterocycles. The highest BCUT2D eigenvalue weighted by Crippen LogP contribution is 2.27. The summed E-state index contributed by atoms with van der Waals surface area (Å²) in [7, 11) is 0. The number of benzene rings is 2. The number of aryl methyl sites for hydroxylation is 1. The van der Waals surface area contributed by atoms with E-state index in [0.717, 1.165) is 80.3 Å². The molecule has 34 heavy (non-hydrogen) atoms. The zero-order valence-electron chi connectivity index (χ0n) is 19.3. The normalized spacial score (nSPS) is 16.6. The summed E-state index contributed by atoms with van der Waals surface area (Å²) in [5.41, 5.74) is 5.60. The molecule has 0 aliphatic carbocycles. The van der Waals surface area contributed by atoms with E-state index in [1.165, 1.54) is 0 Å². The number of anilines is 2. The van der Waals surface area contributed by atoms with Crippen molar-refractivity contribution >= 4 is 45.8 Å². The molecular weight excluding hydrogens is 452 g/mol. The van der Waals surface area contributed by atoms with Crippen LogP contribution in [-0.4, -0.2) is 61.9 Å². The van der Waals surface area contributed by atoms with E-state index in [2.05, 4.69) is 31.5 Å². The fourth-order valence-electron chi connectivity index (χ4n) is 4.64. The first-order valence-electron chi connectivity index (χ1n) is 11.8. The Bertz CT molecular complexity index is 1370. The molecule has 2 aliphatic heterocycles. The van der Waals surface area contributed by atoms with Gasteiger partial charge in [0.25, 0.3) is 4.84 Å². The van der Waals surface area contributed by atoms with Gasteiger partial charge in [0.05, 0.1) is 22.4 Å². The Morgan fingerprint density at radius 1 is 0.853 bits per heavy atom. The van der Waals surface area contributed by atoms with Gasteiger partial charge in [-0.15, -0.1) is 0 Å². The largest absolute Gasteiger partial charge is 0.427 e. The molecule has 3 N–H and O–H groups in total. The second kappa shape index (κ2) is 10.0. The van der Waals surface area contributed by atoms with Crippen molar-refractivity contribution in [3.8, 4) is 0 Å². The Morgan fingerprint density at radius 3 is 2.06 bits per heavy atom. The molecule has 0 atom stereocenters. The minimum Gasteiger partial charge on any atom is -0.427 e. The van der Waals surface area contributed by atoms with Crippen molar-refractivity contribution in [3.05, 3.63) is 51.8 Å². The molecular formula is C24H30N6O3S. The highest BCUT2D eigenvalue weighted by atomic mass is 32.1. The molecule has 2 fully saturated rings.